The van der Waals surface area contributed by atoms with E-state index in [1.165, 1.54) is 42.5 Å². The summed E-state index contributed by atoms with van der Waals surface area (Å²) in [4.78, 5) is 12.7. The van der Waals surface area contributed by atoms with E-state index in [0.717, 1.165) is 15.3 Å². The van der Waals surface area contributed by atoms with Gasteiger partial charge in [-0.1, -0.05) is 30.3 Å². The Hall–Kier alpha value is -2.52. The molecule has 0 aliphatic rings. The van der Waals surface area contributed by atoms with Crippen LogP contribution in [-0.4, -0.2) is 19.4 Å². The van der Waals surface area contributed by atoms with Gasteiger partial charge in [-0.05, 0) is 42.0 Å². The van der Waals surface area contributed by atoms with Crippen LogP contribution >= 0.6 is 11.3 Å². The van der Waals surface area contributed by atoms with Crippen molar-refractivity contribution in [1.82, 2.24) is 4.72 Å². The van der Waals surface area contributed by atoms with E-state index in [1.807, 2.05) is 30.3 Å². The summed E-state index contributed by atoms with van der Waals surface area (Å²) in [5.41, 5.74) is 1.32. The van der Waals surface area contributed by atoms with E-state index in [9.17, 15) is 18.3 Å². The van der Waals surface area contributed by atoms with Crippen LogP contribution in [0.5, 0.6) is 0 Å². The number of benzene rings is 2. The van der Waals surface area contributed by atoms with Crippen LogP contribution in [0, 0.1) is 0 Å². The Morgan fingerprint density at radius 1 is 1.04 bits per heavy atom. The minimum Gasteiger partial charge on any atom is -0.383 e. The maximum absolute atomic E-state index is 12.5. The molecular formula is C20H20N2O4S2. The fourth-order valence-electron chi connectivity index (χ4n) is 2.61. The maximum atomic E-state index is 12.5. The minimum absolute atomic E-state index is 0.114. The summed E-state index contributed by atoms with van der Waals surface area (Å²) in [5.74, 6) is -0.222. The van der Waals surface area contributed by atoms with Crippen molar-refractivity contribution < 1.29 is 18.3 Å². The van der Waals surface area contributed by atoms with E-state index >= 15 is 0 Å². The average Bonchev–Trinajstić information content (AvgIpc) is 3.16. The first-order valence-corrected chi connectivity index (χ1v) is 10.8. The Labute approximate surface area is 167 Å². The lowest BCUT2D eigenvalue weighted by atomic mass is 10.1. The first-order chi connectivity index (χ1) is 13.3. The standard InChI is InChI=1S/C20H20N2O4S2/c1-14(23)22-16-7-10-18(11-8-16)28(25,26)21-13-17-9-12-19(27-17)20(24)15-5-3-2-4-6-15/h2-12,20-21,24H,13H2,1H3,(H,22,23). The molecule has 2 aromatic carbocycles. The van der Waals surface area contributed by atoms with Crippen molar-refractivity contribution in [3.05, 3.63) is 82.0 Å². The van der Waals surface area contributed by atoms with Crippen LogP contribution in [-0.2, 0) is 21.4 Å². The number of amides is 1. The fourth-order valence-corrected chi connectivity index (χ4v) is 4.67. The number of carbonyl (C=O) groups excluding carboxylic acids is 1. The van der Waals surface area contributed by atoms with Gasteiger partial charge in [0.1, 0.15) is 6.10 Å². The highest BCUT2D eigenvalue weighted by molar-refractivity contribution is 7.89. The third-order valence-corrected chi connectivity index (χ3v) is 6.54. The molecule has 0 saturated carbocycles. The maximum Gasteiger partial charge on any atom is 0.240 e. The van der Waals surface area contributed by atoms with E-state index in [4.69, 9.17) is 0 Å². The van der Waals surface area contributed by atoms with Crippen LogP contribution in [0.2, 0.25) is 0 Å². The lowest BCUT2D eigenvalue weighted by Gasteiger charge is -2.09. The molecule has 28 heavy (non-hydrogen) atoms. The van der Waals surface area contributed by atoms with Crippen molar-refractivity contribution in [2.24, 2.45) is 0 Å². The van der Waals surface area contributed by atoms with Gasteiger partial charge in [-0.2, -0.15) is 0 Å². The van der Waals surface area contributed by atoms with Crippen molar-refractivity contribution in [2.45, 2.75) is 24.5 Å². The molecule has 0 bridgehead atoms. The number of aliphatic hydroxyl groups excluding tert-OH is 1. The molecule has 0 radical (unpaired) electrons. The predicted octanol–water partition coefficient (Wildman–Crippen LogP) is 3.27. The van der Waals surface area contributed by atoms with Crippen molar-refractivity contribution in [3.63, 3.8) is 0 Å². The van der Waals surface area contributed by atoms with E-state index in [-0.39, 0.29) is 17.3 Å². The lowest BCUT2D eigenvalue weighted by molar-refractivity contribution is -0.114. The quantitative estimate of drug-likeness (QED) is 0.551. The minimum atomic E-state index is -3.69. The number of carbonyl (C=O) groups is 1. The van der Waals surface area contributed by atoms with Crippen molar-refractivity contribution in [1.29, 1.82) is 0 Å². The van der Waals surface area contributed by atoms with Gasteiger partial charge in [0.15, 0.2) is 0 Å². The zero-order chi connectivity index (χ0) is 20.1. The Morgan fingerprint density at radius 2 is 1.71 bits per heavy atom. The van der Waals surface area contributed by atoms with E-state index in [1.54, 1.807) is 12.1 Å². The predicted molar refractivity (Wildman–Crippen MR) is 110 cm³/mol. The van der Waals surface area contributed by atoms with Crippen molar-refractivity contribution in [2.75, 3.05) is 5.32 Å². The molecular weight excluding hydrogens is 396 g/mol. The zero-order valence-electron chi connectivity index (χ0n) is 15.1. The second-order valence-corrected chi connectivity index (χ2v) is 9.11. The number of hydrogen-bond donors (Lipinski definition) is 3. The average molecular weight is 417 g/mol. The Balaban J connectivity index is 1.65. The lowest BCUT2D eigenvalue weighted by Crippen LogP contribution is -2.22. The number of sulfonamides is 1. The van der Waals surface area contributed by atoms with Gasteiger partial charge in [0.25, 0.3) is 0 Å². The molecule has 1 unspecified atom stereocenters. The molecule has 0 spiro atoms. The number of hydrogen-bond acceptors (Lipinski definition) is 5. The Kier molecular flexibility index (Phi) is 6.25. The molecule has 1 aromatic heterocycles. The normalized spacial score (nSPS) is 12.5. The molecule has 6 nitrogen and oxygen atoms in total. The summed E-state index contributed by atoms with van der Waals surface area (Å²) in [5, 5.41) is 13.0. The van der Waals surface area contributed by atoms with Crippen molar-refractivity contribution >= 4 is 33.0 Å². The largest absolute Gasteiger partial charge is 0.383 e. The SMILES string of the molecule is CC(=O)Nc1ccc(S(=O)(=O)NCc2ccc(C(O)c3ccccc3)s2)cc1. The van der Waals surface area contributed by atoms with E-state index in [0.29, 0.717) is 5.69 Å². The number of rotatable bonds is 7. The van der Waals surface area contributed by atoms with Crippen LogP contribution in [0.4, 0.5) is 5.69 Å². The molecule has 3 rings (SSSR count). The topological polar surface area (TPSA) is 95.5 Å². The Bertz CT molecular complexity index is 1050. The van der Waals surface area contributed by atoms with Crippen LogP contribution in [0.1, 0.15) is 28.3 Å². The molecule has 3 aromatic rings. The van der Waals surface area contributed by atoms with Crippen molar-refractivity contribution in [3.8, 4) is 0 Å². The molecule has 0 saturated heterocycles. The van der Waals surface area contributed by atoms with Gasteiger partial charge in [0.2, 0.25) is 15.9 Å². The molecule has 0 fully saturated rings. The van der Waals surface area contributed by atoms with Gasteiger partial charge >= 0.3 is 0 Å². The monoisotopic (exact) mass is 416 g/mol. The van der Waals surface area contributed by atoms with Gasteiger partial charge in [-0.3, -0.25) is 4.79 Å². The van der Waals surface area contributed by atoms with Gasteiger partial charge in [-0.15, -0.1) is 11.3 Å². The van der Waals surface area contributed by atoms with Gasteiger partial charge in [0.05, 0.1) is 4.90 Å². The van der Waals surface area contributed by atoms with E-state index in [2.05, 4.69) is 10.0 Å². The first kappa shape index (κ1) is 20.2. The summed E-state index contributed by atoms with van der Waals surface area (Å²) in [6, 6.07) is 18.8. The number of aliphatic hydroxyl groups is 1. The number of thiophene rings is 1. The van der Waals surface area contributed by atoms with Gasteiger partial charge < -0.3 is 10.4 Å². The summed E-state index contributed by atoms with van der Waals surface area (Å²) in [6.45, 7) is 1.51. The summed E-state index contributed by atoms with van der Waals surface area (Å²) >= 11 is 1.36. The number of anilines is 1. The van der Waals surface area contributed by atoms with Crippen LogP contribution < -0.4 is 10.0 Å². The second-order valence-electron chi connectivity index (χ2n) is 6.15. The zero-order valence-corrected chi connectivity index (χ0v) is 16.8. The molecule has 3 N–H and O–H groups in total. The first-order valence-electron chi connectivity index (χ1n) is 8.54. The highest BCUT2D eigenvalue weighted by Crippen LogP contribution is 2.28. The highest BCUT2D eigenvalue weighted by Gasteiger charge is 2.16. The van der Waals surface area contributed by atoms with Gasteiger partial charge in [-0.25, -0.2) is 13.1 Å². The second kappa shape index (κ2) is 8.66. The molecule has 1 amide bonds. The molecule has 0 aliphatic carbocycles. The fraction of sp³-hybridized carbons (Fsp3) is 0.150. The van der Waals surface area contributed by atoms with Gasteiger partial charge in [0, 0.05) is 28.9 Å². The van der Waals surface area contributed by atoms with Crippen LogP contribution in [0.15, 0.2) is 71.6 Å². The molecule has 0 aliphatic heterocycles. The smallest absolute Gasteiger partial charge is 0.240 e. The molecule has 146 valence electrons. The molecule has 8 heteroatoms. The third-order valence-electron chi connectivity index (χ3n) is 3.99. The highest BCUT2D eigenvalue weighted by atomic mass is 32.2. The summed E-state index contributed by atoms with van der Waals surface area (Å²) in [7, 11) is -3.69. The van der Waals surface area contributed by atoms with Crippen LogP contribution in [0.25, 0.3) is 0 Å². The van der Waals surface area contributed by atoms with Crippen LogP contribution in [0.3, 0.4) is 0 Å². The summed E-state index contributed by atoms with van der Waals surface area (Å²) < 4.78 is 27.5. The Morgan fingerprint density at radius 3 is 2.36 bits per heavy atom. The summed E-state index contributed by atoms with van der Waals surface area (Å²) in [6.07, 6.45) is -0.738. The third kappa shape index (κ3) is 5.05. The van der Waals surface area contributed by atoms with E-state index < -0.39 is 16.1 Å². The molecule has 1 atom stereocenters. The number of nitrogens with one attached hydrogen (secondary N) is 2. The molecule has 1 heterocycles.